The summed E-state index contributed by atoms with van der Waals surface area (Å²) < 4.78 is 2.02. The van der Waals surface area contributed by atoms with Gasteiger partial charge in [-0.15, -0.1) is 0 Å². The summed E-state index contributed by atoms with van der Waals surface area (Å²) in [6.07, 6.45) is 6.47. The van der Waals surface area contributed by atoms with Crippen molar-refractivity contribution in [2.24, 2.45) is 12.8 Å². The van der Waals surface area contributed by atoms with Crippen LogP contribution in [0.3, 0.4) is 0 Å². The fraction of sp³-hybridized carbons (Fsp3) is 0.786. The molecule has 1 aromatic rings. The maximum absolute atomic E-state index is 5.91. The quantitative estimate of drug-likeness (QED) is 0.892. The monoisotopic (exact) mass is 250 g/mol. The largest absolute Gasteiger partial charge is 0.354 e. The van der Waals surface area contributed by atoms with Gasteiger partial charge in [0.25, 0.3) is 0 Å². The lowest BCUT2D eigenvalue weighted by atomic mass is 9.97. The average Bonchev–Trinajstić information content (AvgIpc) is 2.64. The molecule has 2 heterocycles. The standard InChI is InChI=1S/C14H26N4/c1-4-7-12-8-5-6-9-18(12)14-13(10-15)11(2)16-17(14)3/h12H,4-10,15H2,1-3H3. The van der Waals surface area contributed by atoms with E-state index in [1.165, 1.54) is 43.5 Å². The van der Waals surface area contributed by atoms with Gasteiger partial charge in [-0.2, -0.15) is 5.10 Å². The molecule has 1 atom stereocenters. The van der Waals surface area contributed by atoms with E-state index in [9.17, 15) is 0 Å². The van der Waals surface area contributed by atoms with Gasteiger partial charge in [-0.1, -0.05) is 13.3 Å². The summed E-state index contributed by atoms with van der Waals surface area (Å²) >= 11 is 0. The van der Waals surface area contributed by atoms with E-state index in [-0.39, 0.29) is 0 Å². The smallest absolute Gasteiger partial charge is 0.131 e. The number of hydrogen-bond donors (Lipinski definition) is 1. The van der Waals surface area contributed by atoms with Crippen molar-refractivity contribution in [3.05, 3.63) is 11.3 Å². The van der Waals surface area contributed by atoms with Crippen molar-refractivity contribution in [1.29, 1.82) is 0 Å². The van der Waals surface area contributed by atoms with Crippen molar-refractivity contribution in [3.63, 3.8) is 0 Å². The number of aromatic nitrogens is 2. The molecule has 2 N–H and O–H groups in total. The van der Waals surface area contributed by atoms with E-state index in [1.54, 1.807) is 0 Å². The number of rotatable bonds is 4. The Morgan fingerprint density at radius 2 is 2.17 bits per heavy atom. The third kappa shape index (κ3) is 2.39. The van der Waals surface area contributed by atoms with Crippen LogP contribution in [0.1, 0.15) is 50.3 Å². The summed E-state index contributed by atoms with van der Waals surface area (Å²) in [4.78, 5) is 2.55. The summed E-state index contributed by atoms with van der Waals surface area (Å²) in [5.41, 5.74) is 8.21. The van der Waals surface area contributed by atoms with Crippen LogP contribution in [-0.4, -0.2) is 22.4 Å². The molecule has 4 heteroatoms. The van der Waals surface area contributed by atoms with Gasteiger partial charge in [0.05, 0.1) is 5.69 Å². The molecule has 1 aromatic heterocycles. The van der Waals surface area contributed by atoms with Gasteiger partial charge in [0, 0.05) is 31.7 Å². The summed E-state index contributed by atoms with van der Waals surface area (Å²) in [5.74, 6) is 1.26. The molecule has 1 fully saturated rings. The predicted molar refractivity (Wildman–Crippen MR) is 75.7 cm³/mol. The highest BCUT2D eigenvalue weighted by Crippen LogP contribution is 2.30. The summed E-state index contributed by atoms with van der Waals surface area (Å²) in [5, 5.41) is 4.55. The summed E-state index contributed by atoms with van der Waals surface area (Å²) in [7, 11) is 2.04. The zero-order valence-corrected chi connectivity index (χ0v) is 11.9. The molecule has 4 nitrogen and oxygen atoms in total. The van der Waals surface area contributed by atoms with Gasteiger partial charge in [-0.25, -0.2) is 0 Å². The third-order valence-electron chi connectivity index (χ3n) is 4.04. The van der Waals surface area contributed by atoms with Crippen LogP contribution in [0.4, 0.5) is 5.82 Å². The molecule has 1 aliphatic heterocycles. The van der Waals surface area contributed by atoms with Gasteiger partial charge in [0.15, 0.2) is 0 Å². The number of hydrogen-bond acceptors (Lipinski definition) is 3. The van der Waals surface area contributed by atoms with E-state index in [0.717, 1.165) is 12.2 Å². The lowest BCUT2D eigenvalue weighted by molar-refractivity contribution is 0.426. The van der Waals surface area contributed by atoms with Crippen molar-refractivity contribution >= 4 is 5.82 Å². The Labute approximate surface area is 110 Å². The Balaban J connectivity index is 2.32. The van der Waals surface area contributed by atoms with E-state index >= 15 is 0 Å². The Morgan fingerprint density at radius 1 is 1.39 bits per heavy atom. The van der Waals surface area contributed by atoms with Crippen LogP contribution in [0.5, 0.6) is 0 Å². The van der Waals surface area contributed by atoms with E-state index in [1.807, 2.05) is 11.7 Å². The molecule has 102 valence electrons. The Hall–Kier alpha value is -1.03. The first kappa shape index (κ1) is 13.4. The SMILES string of the molecule is CCCC1CCCCN1c1c(CN)c(C)nn1C. The molecule has 0 bridgehead atoms. The number of anilines is 1. The molecule has 1 saturated heterocycles. The van der Waals surface area contributed by atoms with Crippen LogP contribution >= 0.6 is 0 Å². The lowest BCUT2D eigenvalue weighted by Crippen LogP contribution is -2.41. The number of nitrogens with zero attached hydrogens (tertiary/aromatic N) is 3. The van der Waals surface area contributed by atoms with E-state index in [4.69, 9.17) is 5.73 Å². The minimum absolute atomic E-state index is 0.588. The summed E-state index contributed by atoms with van der Waals surface area (Å²) in [6.45, 7) is 6.07. The van der Waals surface area contributed by atoms with Crippen LogP contribution < -0.4 is 10.6 Å². The third-order valence-corrected chi connectivity index (χ3v) is 4.04. The van der Waals surface area contributed by atoms with Crippen LogP contribution in [0, 0.1) is 6.92 Å². The van der Waals surface area contributed by atoms with Crippen molar-refractivity contribution in [1.82, 2.24) is 9.78 Å². The van der Waals surface area contributed by atoms with Gasteiger partial charge in [0.2, 0.25) is 0 Å². The van der Waals surface area contributed by atoms with Gasteiger partial charge >= 0.3 is 0 Å². The highest BCUT2D eigenvalue weighted by molar-refractivity contribution is 5.51. The zero-order chi connectivity index (χ0) is 13.1. The normalized spacial score (nSPS) is 20.4. The Morgan fingerprint density at radius 3 is 2.83 bits per heavy atom. The first-order valence-electron chi connectivity index (χ1n) is 7.18. The van der Waals surface area contributed by atoms with Gasteiger partial charge in [-0.05, 0) is 32.6 Å². The van der Waals surface area contributed by atoms with Crippen molar-refractivity contribution < 1.29 is 0 Å². The van der Waals surface area contributed by atoms with E-state index < -0.39 is 0 Å². The molecular weight excluding hydrogens is 224 g/mol. The molecule has 0 spiro atoms. The number of nitrogens with two attached hydrogens (primary N) is 1. The van der Waals surface area contributed by atoms with E-state index in [2.05, 4.69) is 23.8 Å². The molecule has 0 aromatic carbocycles. The predicted octanol–water partition coefficient (Wildman–Crippen LogP) is 2.35. The minimum Gasteiger partial charge on any atom is -0.354 e. The second-order valence-corrected chi connectivity index (χ2v) is 5.35. The average molecular weight is 250 g/mol. The van der Waals surface area contributed by atoms with Gasteiger partial charge in [0.1, 0.15) is 5.82 Å². The highest BCUT2D eigenvalue weighted by Gasteiger charge is 2.26. The maximum atomic E-state index is 5.91. The van der Waals surface area contributed by atoms with Crippen LogP contribution in [0.2, 0.25) is 0 Å². The fourth-order valence-electron chi connectivity index (χ4n) is 3.20. The molecule has 2 rings (SSSR count). The topological polar surface area (TPSA) is 47.1 Å². The first-order chi connectivity index (χ1) is 8.69. The van der Waals surface area contributed by atoms with Crippen molar-refractivity contribution in [2.45, 2.75) is 58.5 Å². The van der Waals surface area contributed by atoms with Crippen LogP contribution in [0.15, 0.2) is 0 Å². The second kappa shape index (κ2) is 5.74. The van der Waals surface area contributed by atoms with E-state index in [0.29, 0.717) is 12.6 Å². The summed E-state index contributed by atoms with van der Waals surface area (Å²) in [6, 6.07) is 0.670. The van der Waals surface area contributed by atoms with Gasteiger partial charge in [-0.3, -0.25) is 4.68 Å². The zero-order valence-electron chi connectivity index (χ0n) is 11.9. The number of aryl methyl sites for hydroxylation is 2. The molecular formula is C14H26N4. The maximum Gasteiger partial charge on any atom is 0.131 e. The first-order valence-corrected chi connectivity index (χ1v) is 7.18. The molecule has 0 aliphatic carbocycles. The molecule has 0 saturated carbocycles. The molecule has 1 aliphatic rings. The van der Waals surface area contributed by atoms with Crippen molar-refractivity contribution in [2.75, 3.05) is 11.4 Å². The molecule has 0 radical (unpaired) electrons. The van der Waals surface area contributed by atoms with Crippen LogP contribution in [0.25, 0.3) is 0 Å². The van der Waals surface area contributed by atoms with Crippen LogP contribution in [-0.2, 0) is 13.6 Å². The number of piperidine rings is 1. The fourth-order valence-corrected chi connectivity index (χ4v) is 3.20. The Kier molecular flexibility index (Phi) is 4.27. The molecule has 0 amide bonds. The van der Waals surface area contributed by atoms with Gasteiger partial charge < -0.3 is 10.6 Å². The molecule has 18 heavy (non-hydrogen) atoms. The lowest BCUT2D eigenvalue weighted by Gasteiger charge is -2.38. The van der Waals surface area contributed by atoms with Crippen molar-refractivity contribution in [3.8, 4) is 0 Å². The molecule has 1 unspecified atom stereocenters. The Bertz CT molecular complexity index is 395. The second-order valence-electron chi connectivity index (χ2n) is 5.35. The highest BCUT2D eigenvalue weighted by atomic mass is 15.4. The minimum atomic E-state index is 0.588.